The van der Waals surface area contributed by atoms with Gasteiger partial charge < -0.3 is 10.1 Å². The average Bonchev–Trinajstić information content (AvgIpc) is 2.74. The van der Waals surface area contributed by atoms with Crippen LogP contribution in [-0.2, 0) is 13.2 Å². The summed E-state index contributed by atoms with van der Waals surface area (Å²) in [4.78, 5) is 10.0. The highest BCUT2D eigenvalue weighted by atomic mass is 32.1. The van der Waals surface area contributed by atoms with Gasteiger partial charge in [0, 0.05) is 11.4 Å². The van der Waals surface area contributed by atoms with Crippen LogP contribution in [0.4, 0.5) is 0 Å². The fraction of sp³-hybridized carbons (Fsp3) is 0.429. The van der Waals surface area contributed by atoms with Gasteiger partial charge in [0.2, 0.25) is 0 Å². The molecule has 0 saturated heterocycles. The lowest BCUT2D eigenvalue weighted by atomic mass is 10.3. The van der Waals surface area contributed by atoms with E-state index in [1.54, 1.807) is 17.5 Å². The van der Waals surface area contributed by atoms with Crippen molar-refractivity contribution in [3.8, 4) is 5.75 Å². The highest BCUT2D eigenvalue weighted by Gasteiger charge is 2.04. The lowest BCUT2D eigenvalue weighted by molar-refractivity contribution is 0.304. The lowest BCUT2D eigenvalue weighted by Crippen LogP contribution is -2.12. The van der Waals surface area contributed by atoms with E-state index in [9.17, 15) is 0 Å². The maximum Gasteiger partial charge on any atom is 0.140 e. The zero-order valence-corrected chi connectivity index (χ0v) is 12.4. The molecule has 0 saturated carbocycles. The predicted molar refractivity (Wildman–Crippen MR) is 77.5 cm³/mol. The number of nitrogens with zero attached hydrogens (tertiary/aromatic N) is 2. The summed E-state index contributed by atoms with van der Waals surface area (Å²) in [6.45, 7) is 8.42. The van der Waals surface area contributed by atoms with Crippen molar-refractivity contribution < 1.29 is 4.74 Å². The molecule has 0 aliphatic heterocycles. The van der Waals surface area contributed by atoms with E-state index < -0.39 is 0 Å². The monoisotopic (exact) mass is 277 g/mol. The first-order valence-electron chi connectivity index (χ1n) is 6.40. The van der Waals surface area contributed by atoms with Crippen LogP contribution in [0.2, 0.25) is 0 Å². The number of thiazole rings is 1. The van der Waals surface area contributed by atoms with Crippen molar-refractivity contribution >= 4 is 11.3 Å². The quantitative estimate of drug-likeness (QED) is 0.882. The summed E-state index contributed by atoms with van der Waals surface area (Å²) in [5, 5.41) is 4.25. The van der Waals surface area contributed by atoms with Crippen molar-refractivity contribution in [1.29, 1.82) is 0 Å². The van der Waals surface area contributed by atoms with Gasteiger partial charge in [-0.3, -0.25) is 4.98 Å². The number of nitrogens with one attached hydrogen (secondary N) is 1. The largest absolute Gasteiger partial charge is 0.485 e. The average molecular weight is 277 g/mol. The molecule has 102 valence electrons. The zero-order valence-electron chi connectivity index (χ0n) is 11.6. The molecule has 0 aliphatic carbocycles. The summed E-state index contributed by atoms with van der Waals surface area (Å²) in [6.07, 6.45) is 1.76. The van der Waals surface area contributed by atoms with Crippen molar-refractivity contribution in [3.63, 3.8) is 0 Å². The van der Waals surface area contributed by atoms with E-state index in [0.717, 1.165) is 35.2 Å². The smallest absolute Gasteiger partial charge is 0.140 e. The Morgan fingerprint density at radius 1 is 1.32 bits per heavy atom. The van der Waals surface area contributed by atoms with Crippen LogP contribution < -0.4 is 10.1 Å². The number of rotatable bonds is 6. The first kappa shape index (κ1) is 14.0. The third kappa shape index (κ3) is 4.01. The Labute approximate surface area is 117 Å². The number of hydrogen-bond donors (Lipinski definition) is 1. The lowest BCUT2D eigenvalue weighted by Gasteiger charge is -2.05. The Hall–Kier alpha value is -1.46. The van der Waals surface area contributed by atoms with Crippen LogP contribution in [0.1, 0.15) is 28.2 Å². The van der Waals surface area contributed by atoms with Gasteiger partial charge in [0.05, 0.1) is 17.6 Å². The molecule has 0 aromatic carbocycles. The molecule has 1 N–H and O–H groups in total. The van der Waals surface area contributed by atoms with Gasteiger partial charge in [-0.25, -0.2) is 4.98 Å². The molecule has 0 unspecified atom stereocenters. The number of aromatic nitrogens is 2. The van der Waals surface area contributed by atoms with E-state index in [-0.39, 0.29) is 0 Å². The third-order valence-corrected chi connectivity index (χ3v) is 3.84. The number of aryl methyl sites for hydroxylation is 2. The van der Waals surface area contributed by atoms with Gasteiger partial charge in [-0.05, 0) is 32.5 Å². The maximum atomic E-state index is 5.68. The molecule has 0 bridgehead atoms. The molecule has 2 heterocycles. The predicted octanol–water partition coefficient (Wildman–Crippen LogP) is 2.84. The van der Waals surface area contributed by atoms with Gasteiger partial charge >= 0.3 is 0 Å². The van der Waals surface area contributed by atoms with Gasteiger partial charge in [0.15, 0.2) is 0 Å². The van der Waals surface area contributed by atoms with Gasteiger partial charge in [-0.1, -0.05) is 6.92 Å². The molecule has 0 atom stereocenters. The van der Waals surface area contributed by atoms with Gasteiger partial charge in [0.1, 0.15) is 17.4 Å². The molecule has 0 spiro atoms. The summed E-state index contributed by atoms with van der Waals surface area (Å²) in [5.74, 6) is 0.783. The summed E-state index contributed by atoms with van der Waals surface area (Å²) < 4.78 is 5.68. The molecular weight excluding hydrogens is 258 g/mol. The van der Waals surface area contributed by atoms with Crippen LogP contribution in [-0.4, -0.2) is 16.5 Å². The summed E-state index contributed by atoms with van der Waals surface area (Å²) in [6, 6.07) is 3.93. The Morgan fingerprint density at radius 3 is 2.74 bits per heavy atom. The highest BCUT2D eigenvalue weighted by molar-refractivity contribution is 7.11. The van der Waals surface area contributed by atoms with E-state index in [4.69, 9.17) is 4.74 Å². The van der Waals surface area contributed by atoms with Crippen molar-refractivity contribution in [2.24, 2.45) is 0 Å². The highest BCUT2D eigenvalue weighted by Crippen LogP contribution is 2.18. The Bertz CT molecular complexity index is 502. The minimum absolute atomic E-state index is 0.508. The first-order chi connectivity index (χ1) is 9.19. The topological polar surface area (TPSA) is 47.0 Å². The van der Waals surface area contributed by atoms with E-state index in [2.05, 4.69) is 29.1 Å². The molecule has 0 aliphatic rings. The fourth-order valence-electron chi connectivity index (χ4n) is 1.60. The van der Waals surface area contributed by atoms with E-state index in [1.165, 1.54) is 4.88 Å². The van der Waals surface area contributed by atoms with E-state index in [0.29, 0.717) is 6.61 Å². The second kappa shape index (κ2) is 6.63. The van der Waals surface area contributed by atoms with Crippen LogP contribution in [0.3, 0.4) is 0 Å². The Kier molecular flexibility index (Phi) is 4.87. The zero-order chi connectivity index (χ0) is 13.7. The summed E-state index contributed by atoms with van der Waals surface area (Å²) in [5.41, 5.74) is 2.11. The summed E-state index contributed by atoms with van der Waals surface area (Å²) >= 11 is 1.68. The fourth-order valence-corrected chi connectivity index (χ4v) is 2.45. The van der Waals surface area contributed by atoms with E-state index >= 15 is 0 Å². The van der Waals surface area contributed by atoms with Crippen LogP contribution in [0.25, 0.3) is 0 Å². The van der Waals surface area contributed by atoms with Crippen LogP contribution >= 0.6 is 11.3 Å². The van der Waals surface area contributed by atoms with Crippen molar-refractivity contribution in [2.45, 2.75) is 33.9 Å². The second-order valence-electron chi connectivity index (χ2n) is 4.30. The summed E-state index contributed by atoms with van der Waals surface area (Å²) in [7, 11) is 0. The van der Waals surface area contributed by atoms with Crippen molar-refractivity contribution in [1.82, 2.24) is 15.3 Å². The minimum atomic E-state index is 0.508. The number of hydrogen-bond acceptors (Lipinski definition) is 5. The minimum Gasteiger partial charge on any atom is -0.485 e. The number of ether oxygens (including phenoxy) is 1. The van der Waals surface area contributed by atoms with Crippen LogP contribution in [0.5, 0.6) is 5.75 Å². The molecule has 5 heteroatoms. The molecule has 0 amide bonds. The molecular formula is C14H19N3OS. The maximum absolute atomic E-state index is 5.68. The first-order valence-corrected chi connectivity index (χ1v) is 7.22. The molecule has 4 nitrogen and oxygen atoms in total. The van der Waals surface area contributed by atoms with E-state index in [1.807, 2.05) is 19.1 Å². The standard InChI is InChI=1S/C14H19N3OS/c1-4-15-7-12-5-6-13(8-16-12)18-9-14-17-10(2)11(3)19-14/h5-6,8,15H,4,7,9H2,1-3H3. The Balaban J connectivity index is 1.89. The molecule has 2 aromatic heterocycles. The normalized spacial score (nSPS) is 10.7. The van der Waals surface area contributed by atoms with Crippen LogP contribution in [0, 0.1) is 13.8 Å². The molecule has 2 aromatic rings. The van der Waals surface area contributed by atoms with Gasteiger partial charge in [-0.15, -0.1) is 11.3 Å². The molecule has 19 heavy (non-hydrogen) atoms. The SMILES string of the molecule is CCNCc1ccc(OCc2nc(C)c(C)s2)cn1. The third-order valence-electron chi connectivity index (χ3n) is 2.79. The molecule has 2 rings (SSSR count). The number of pyridine rings is 1. The molecule has 0 fully saturated rings. The second-order valence-corrected chi connectivity index (χ2v) is 5.59. The van der Waals surface area contributed by atoms with Gasteiger partial charge in [-0.2, -0.15) is 0 Å². The molecule has 0 radical (unpaired) electrons. The van der Waals surface area contributed by atoms with Crippen LogP contribution in [0.15, 0.2) is 18.3 Å². The van der Waals surface area contributed by atoms with Crippen molar-refractivity contribution in [2.75, 3.05) is 6.54 Å². The van der Waals surface area contributed by atoms with Gasteiger partial charge in [0.25, 0.3) is 0 Å². The Morgan fingerprint density at radius 2 is 2.16 bits per heavy atom. The van der Waals surface area contributed by atoms with Crippen molar-refractivity contribution in [3.05, 3.63) is 39.6 Å².